The second-order valence-corrected chi connectivity index (χ2v) is 11.9. The molecule has 2 amide bonds. The second kappa shape index (κ2) is 15.0. The smallest absolute Gasteiger partial charge is 0.260 e. The van der Waals surface area contributed by atoms with Crippen LogP contribution in [-0.4, -0.2) is 77.2 Å². The fraction of sp³-hybridized carbons (Fsp3) is 0.548. The molecule has 0 N–H and O–H groups in total. The van der Waals surface area contributed by atoms with Crippen molar-refractivity contribution in [2.75, 3.05) is 45.6 Å². The number of rotatable bonds is 10. The molecule has 0 radical (unpaired) electrons. The van der Waals surface area contributed by atoms with Crippen LogP contribution in [-0.2, 0) is 27.4 Å². The molecule has 222 valence electrons. The van der Waals surface area contributed by atoms with Crippen LogP contribution in [0.4, 0.5) is 0 Å². The lowest BCUT2D eigenvalue weighted by Gasteiger charge is -2.32. The molecule has 4 heterocycles. The highest BCUT2D eigenvalue weighted by Gasteiger charge is 2.26. The minimum Gasteiger partial charge on any atom is -0.467 e. The molecule has 0 bridgehead atoms. The number of piperidine rings is 2. The Labute approximate surface area is 252 Å². The number of carbonyl (C=O) groups is 2. The van der Waals surface area contributed by atoms with Crippen LogP contribution >= 0.6 is 11.8 Å². The number of aromatic nitrogens is 2. The van der Waals surface area contributed by atoms with Gasteiger partial charge in [-0.3, -0.25) is 9.59 Å². The third-order valence-electron chi connectivity index (χ3n) is 7.70. The van der Waals surface area contributed by atoms with E-state index in [4.69, 9.17) is 14.5 Å². The van der Waals surface area contributed by atoms with Crippen LogP contribution in [0.1, 0.15) is 65.7 Å². The lowest BCUT2D eigenvalue weighted by molar-refractivity contribution is -0.135. The maximum atomic E-state index is 13.1. The molecule has 1 atom stereocenters. The van der Waals surface area contributed by atoms with Crippen molar-refractivity contribution in [2.24, 2.45) is 5.92 Å². The number of pyridine rings is 2. The molecular formula is C31H38N6O4S. The summed E-state index contributed by atoms with van der Waals surface area (Å²) in [6.07, 6.45) is 5.74. The Morgan fingerprint density at radius 1 is 1.00 bits per heavy atom. The van der Waals surface area contributed by atoms with E-state index in [0.717, 1.165) is 56.5 Å². The summed E-state index contributed by atoms with van der Waals surface area (Å²) in [5.74, 6) is 0.557. The Morgan fingerprint density at radius 3 is 2.45 bits per heavy atom. The predicted molar refractivity (Wildman–Crippen MR) is 158 cm³/mol. The molecule has 10 nitrogen and oxygen atoms in total. The third kappa shape index (κ3) is 7.99. The van der Waals surface area contributed by atoms with Crippen LogP contribution < -0.4 is 4.74 Å². The molecule has 0 spiro atoms. The average Bonchev–Trinajstić information content (AvgIpc) is 2.99. The first-order valence-electron chi connectivity index (χ1n) is 14.4. The number of methoxy groups -OCH3 is 1. The van der Waals surface area contributed by atoms with Crippen molar-refractivity contribution in [1.82, 2.24) is 19.8 Å². The van der Waals surface area contributed by atoms with Gasteiger partial charge in [-0.15, -0.1) is 0 Å². The minimum absolute atomic E-state index is 0.0924. The second-order valence-electron chi connectivity index (χ2n) is 10.9. The quantitative estimate of drug-likeness (QED) is 0.377. The molecular weight excluding hydrogens is 552 g/mol. The zero-order valence-electron chi connectivity index (χ0n) is 24.6. The van der Waals surface area contributed by atoms with Crippen LogP contribution in [0.5, 0.6) is 5.88 Å². The van der Waals surface area contributed by atoms with Gasteiger partial charge in [0.2, 0.25) is 11.8 Å². The van der Waals surface area contributed by atoms with E-state index >= 15 is 0 Å². The van der Waals surface area contributed by atoms with Gasteiger partial charge in [0.1, 0.15) is 22.7 Å². The van der Waals surface area contributed by atoms with E-state index in [0.29, 0.717) is 41.4 Å². The number of aryl methyl sites for hydroxylation is 2. The first-order valence-corrected chi connectivity index (χ1v) is 15.4. The fourth-order valence-electron chi connectivity index (χ4n) is 5.60. The maximum absolute atomic E-state index is 13.1. The van der Waals surface area contributed by atoms with Gasteiger partial charge in [0.05, 0.1) is 17.9 Å². The van der Waals surface area contributed by atoms with E-state index in [2.05, 4.69) is 17.1 Å². The van der Waals surface area contributed by atoms with Crippen LogP contribution in [0.2, 0.25) is 0 Å². The summed E-state index contributed by atoms with van der Waals surface area (Å²) in [7, 11) is 1.56. The number of nitriles is 2. The molecule has 2 aliphatic heterocycles. The van der Waals surface area contributed by atoms with Crippen molar-refractivity contribution < 1.29 is 19.1 Å². The Balaban J connectivity index is 1.38. The fourth-order valence-corrected chi connectivity index (χ4v) is 6.57. The first-order chi connectivity index (χ1) is 20.3. The van der Waals surface area contributed by atoms with E-state index in [-0.39, 0.29) is 48.1 Å². The van der Waals surface area contributed by atoms with Crippen molar-refractivity contribution in [1.29, 1.82) is 10.5 Å². The lowest BCUT2D eigenvalue weighted by Crippen LogP contribution is -2.42. The Bertz CT molecular complexity index is 1380. The SMILES string of the molecule is COCc1cc(C)nc(OCC(=O)N2CCCC(Cc3cc(C)c(C#N)c(SCC(=O)N4CCCCC4)n3)C2)c1C#N. The summed E-state index contributed by atoms with van der Waals surface area (Å²) in [4.78, 5) is 38.7. The number of likely N-dealkylation sites (tertiary alicyclic amines) is 2. The summed E-state index contributed by atoms with van der Waals surface area (Å²) >= 11 is 1.34. The van der Waals surface area contributed by atoms with Gasteiger partial charge in [0.25, 0.3) is 5.91 Å². The van der Waals surface area contributed by atoms with E-state index < -0.39 is 0 Å². The zero-order chi connectivity index (χ0) is 30.1. The largest absolute Gasteiger partial charge is 0.467 e. The molecule has 2 aromatic rings. The molecule has 1 unspecified atom stereocenters. The lowest BCUT2D eigenvalue weighted by atomic mass is 9.92. The van der Waals surface area contributed by atoms with Gasteiger partial charge in [0, 0.05) is 50.2 Å². The molecule has 0 aromatic carbocycles. The van der Waals surface area contributed by atoms with Crippen LogP contribution in [0.15, 0.2) is 17.2 Å². The highest BCUT2D eigenvalue weighted by molar-refractivity contribution is 8.00. The van der Waals surface area contributed by atoms with Crippen molar-refractivity contribution in [2.45, 2.75) is 64.0 Å². The van der Waals surface area contributed by atoms with Gasteiger partial charge in [-0.25, -0.2) is 9.97 Å². The molecule has 4 rings (SSSR count). The van der Waals surface area contributed by atoms with Crippen molar-refractivity contribution in [3.8, 4) is 18.0 Å². The summed E-state index contributed by atoms with van der Waals surface area (Å²) < 4.78 is 10.9. The van der Waals surface area contributed by atoms with Crippen molar-refractivity contribution in [3.05, 3.63) is 45.8 Å². The first kappa shape index (κ1) is 31.3. The monoisotopic (exact) mass is 590 g/mol. The minimum atomic E-state index is -0.204. The Kier molecular flexibility index (Phi) is 11.2. The Morgan fingerprint density at radius 2 is 1.74 bits per heavy atom. The molecule has 2 fully saturated rings. The average molecular weight is 591 g/mol. The molecule has 2 saturated heterocycles. The highest BCUT2D eigenvalue weighted by Crippen LogP contribution is 2.28. The molecule has 2 aliphatic rings. The van der Waals surface area contributed by atoms with E-state index in [1.54, 1.807) is 25.0 Å². The van der Waals surface area contributed by atoms with Gasteiger partial charge >= 0.3 is 0 Å². The van der Waals surface area contributed by atoms with Crippen LogP contribution in [0.3, 0.4) is 0 Å². The van der Waals surface area contributed by atoms with Gasteiger partial charge < -0.3 is 19.3 Å². The van der Waals surface area contributed by atoms with Gasteiger partial charge in [-0.2, -0.15) is 10.5 Å². The van der Waals surface area contributed by atoms with Gasteiger partial charge in [-0.1, -0.05) is 11.8 Å². The zero-order valence-corrected chi connectivity index (χ0v) is 25.5. The predicted octanol–water partition coefficient (Wildman–Crippen LogP) is 3.95. The molecule has 42 heavy (non-hydrogen) atoms. The topological polar surface area (TPSA) is 132 Å². The summed E-state index contributed by atoms with van der Waals surface area (Å²) in [6.45, 7) is 6.57. The van der Waals surface area contributed by atoms with Crippen molar-refractivity contribution >= 4 is 23.6 Å². The molecule has 2 aromatic heterocycles. The number of hydrogen-bond donors (Lipinski definition) is 0. The van der Waals surface area contributed by atoms with Gasteiger partial charge in [-0.05, 0) is 76.0 Å². The Hall–Kier alpha value is -3.67. The summed E-state index contributed by atoms with van der Waals surface area (Å²) in [6, 6.07) is 8.11. The number of amides is 2. The normalized spacial score (nSPS) is 16.9. The third-order valence-corrected chi connectivity index (χ3v) is 8.66. The number of carbonyl (C=O) groups excluding carboxylic acids is 2. The van der Waals surface area contributed by atoms with Crippen LogP contribution in [0.25, 0.3) is 0 Å². The number of ether oxygens (including phenoxy) is 2. The van der Waals surface area contributed by atoms with E-state index in [9.17, 15) is 20.1 Å². The van der Waals surface area contributed by atoms with E-state index in [1.165, 1.54) is 11.8 Å². The van der Waals surface area contributed by atoms with E-state index in [1.807, 2.05) is 17.9 Å². The van der Waals surface area contributed by atoms with Crippen molar-refractivity contribution in [3.63, 3.8) is 0 Å². The number of nitrogens with zero attached hydrogens (tertiary/aromatic N) is 6. The maximum Gasteiger partial charge on any atom is 0.260 e. The highest BCUT2D eigenvalue weighted by atomic mass is 32.2. The number of thioether (sulfide) groups is 1. The van der Waals surface area contributed by atoms with Gasteiger partial charge in [0.15, 0.2) is 6.61 Å². The molecule has 0 aliphatic carbocycles. The standard InChI is InChI=1S/C31H38N6O4S/c1-21-12-25(35-31(26(21)15-32)42-20-29(39)36-9-5-4-6-10-36)14-23-8-7-11-37(17-23)28(38)19-41-30-27(16-33)24(18-40-3)13-22(2)34-30/h12-13,23H,4-11,14,17-20H2,1-3H3. The molecule has 0 saturated carbocycles. The van der Waals surface area contributed by atoms with Crippen LogP contribution in [0, 0.1) is 42.4 Å². The molecule has 11 heteroatoms. The summed E-state index contributed by atoms with van der Waals surface area (Å²) in [5, 5.41) is 20.0. The summed E-state index contributed by atoms with van der Waals surface area (Å²) in [5.41, 5.74) is 3.86. The number of hydrogen-bond acceptors (Lipinski definition) is 9.